The van der Waals surface area contributed by atoms with E-state index in [-0.39, 0.29) is 28.4 Å². The van der Waals surface area contributed by atoms with E-state index >= 15 is 0 Å². The first-order valence-electron chi connectivity index (χ1n) is 14.0. The number of ketones is 2. The number of hydrogen-bond acceptors (Lipinski definition) is 5. The van der Waals surface area contributed by atoms with Gasteiger partial charge in [0.2, 0.25) is 0 Å². The highest BCUT2D eigenvalue weighted by Crippen LogP contribution is 2.41. The minimum atomic E-state index is -0.465. The van der Waals surface area contributed by atoms with Crippen LogP contribution in [0, 0.1) is 10.1 Å². The van der Waals surface area contributed by atoms with E-state index in [0.29, 0.717) is 44.6 Å². The van der Waals surface area contributed by atoms with Gasteiger partial charge in [-0.2, -0.15) is 0 Å². The number of carbonyl (C=O) groups excluding carboxylic acids is 2. The lowest BCUT2D eigenvalue weighted by Gasteiger charge is -2.12. The fourth-order valence-corrected chi connectivity index (χ4v) is 5.68. The number of benzene rings is 5. The summed E-state index contributed by atoms with van der Waals surface area (Å²) in [6.45, 7) is 0. The van der Waals surface area contributed by atoms with Crippen LogP contribution in [-0.4, -0.2) is 25.9 Å². The first-order chi connectivity index (χ1) is 21.5. The normalized spacial score (nSPS) is 11.1. The van der Waals surface area contributed by atoms with Gasteiger partial charge in [-0.15, -0.1) is 0 Å². The first-order valence-corrected chi connectivity index (χ1v) is 14.0. The van der Waals surface area contributed by atoms with Gasteiger partial charge in [0.1, 0.15) is 0 Å². The largest absolute Gasteiger partial charge is 0.304 e. The molecule has 7 rings (SSSR count). The van der Waals surface area contributed by atoms with Crippen LogP contribution in [0.2, 0.25) is 0 Å². The molecule has 0 N–H and O–H groups in total. The topological polar surface area (TPSA) is 94.6 Å². The SMILES string of the molecule is O=C(c1ccccc1)c1c(C(=O)c2ccccc2)c2c(-c3ccccc3)nc3ccccc3n2c1-c1ccc([N+](=O)[O-])cc1. The van der Waals surface area contributed by atoms with Crippen LogP contribution in [0.25, 0.3) is 39.1 Å². The average Bonchev–Trinajstić information content (AvgIpc) is 3.45. The smallest absolute Gasteiger partial charge is 0.269 e. The van der Waals surface area contributed by atoms with Crippen LogP contribution in [0.15, 0.2) is 140 Å². The molecule has 2 aromatic heterocycles. The van der Waals surface area contributed by atoms with Crippen molar-refractivity contribution in [1.82, 2.24) is 9.38 Å². The van der Waals surface area contributed by atoms with Crippen molar-refractivity contribution in [3.8, 4) is 22.5 Å². The fourth-order valence-electron chi connectivity index (χ4n) is 5.68. The standard InChI is InChI=1S/C37H23N3O4/c41-36(26-14-6-2-7-15-26)31-32(37(42)27-16-8-3-9-17-27)35-33(24-12-4-1-5-13-24)38-29-18-10-11-19-30(29)39(35)34(31)25-20-22-28(23-21-25)40(43)44/h1-23H. The molecule has 44 heavy (non-hydrogen) atoms. The zero-order valence-electron chi connectivity index (χ0n) is 23.3. The molecular weight excluding hydrogens is 550 g/mol. The summed E-state index contributed by atoms with van der Waals surface area (Å²) >= 11 is 0. The summed E-state index contributed by atoms with van der Waals surface area (Å²) in [5.41, 5.74) is 5.32. The van der Waals surface area contributed by atoms with Crippen LogP contribution < -0.4 is 0 Å². The van der Waals surface area contributed by atoms with Crippen LogP contribution >= 0.6 is 0 Å². The third-order valence-corrected chi connectivity index (χ3v) is 7.67. The number of nitro benzene ring substituents is 1. The lowest BCUT2D eigenvalue weighted by Crippen LogP contribution is -2.10. The summed E-state index contributed by atoms with van der Waals surface area (Å²) in [6.07, 6.45) is 0. The lowest BCUT2D eigenvalue weighted by molar-refractivity contribution is -0.384. The number of nitrogens with zero attached hydrogens (tertiary/aromatic N) is 3. The van der Waals surface area contributed by atoms with E-state index in [4.69, 9.17) is 4.98 Å². The molecule has 0 bridgehead atoms. The molecule has 0 aliphatic heterocycles. The van der Waals surface area contributed by atoms with Crippen molar-refractivity contribution >= 4 is 33.8 Å². The van der Waals surface area contributed by atoms with Crippen LogP contribution in [0.5, 0.6) is 0 Å². The number of non-ortho nitro benzene ring substituents is 1. The molecule has 0 fully saturated rings. The van der Waals surface area contributed by atoms with Crippen molar-refractivity contribution in [2.45, 2.75) is 0 Å². The van der Waals surface area contributed by atoms with E-state index in [9.17, 15) is 19.7 Å². The second kappa shape index (κ2) is 10.9. The van der Waals surface area contributed by atoms with Crippen molar-refractivity contribution < 1.29 is 14.5 Å². The van der Waals surface area contributed by atoms with Crippen molar-refractivity contribution in [2.75, 3.05) is 0 Å². The maximum Gasteiger partial charge on any atom is 0.269 e. The quantitative estimate of drug-likeness (QED) is 0.109. The summed E-state index contributed by atoms with van der Waals surface area (Å²) in [4.78, 5) is 45.4. The molecule has 0 saturated heterocycles. The Kier molecular flexibility index (Phi) is 6.60. The molecule has 0 unspecified atom stereocenters. The average molecular weight is 574 g/mol. The molecule has 0 aliphatic carbocycles. The number of para-hydroxylation sites is 2. The van der Waals surface area contributed by atoms with Crippen molar-refractivity contribution in [3.63, 3.8) is 0 Å². The molecule has 0 aliphatic rings. The molecule has 5 aromatic carbocycles. The molecule has 0 spiro atoms. The first kappa shape index (κ1) is 26.7. The Morgan fingerprint density at radius 3 is 1.70 bits per heavy atom. The Balaban J connectivity index is 1.72. The zero-order valence-corrected chi connectivity index (χ0v) is 23.3. The monoisotopic (exact) mass is 573 g/mol. The second-order valence-electron chi connectivity index (χ2n) is 10.3. The molecule has 0 saturated carbocycles. The van der Waals surface area contributed by atoms with E-state index < -0.39 is 4.92 Å². The van der Waals surface area contributed by atoms with Crippen LogP contribution in [0.1, 0.15) is 31.8 Å². The van der Waals surface area contributed by atoms with Gasteiger partial charge in [0.25, 0.3) is 5.69 Å². The summed E-state index contributed by atoms with van der Waals surface area (Å²) in [7, 11) is 0. The third-order valence-electron chi connectivity index (χ3n) is 7.67. The van der Waals surface area contributed by atoms with Crippen LogP contribution in [0.4, 0.5) is 5.69 Å². The molecule has 0 atom stereocenters. The van der Waals surface area contributed by atoms with Gasteiger partial charge in [-0.25, -0.2) is 4.98 Å². The molecule has 7 aromatic rings. The highest BCUT2D eigenvalue weighted by Gasteiger charge is 2.33. The maximum atomic E-state index is 14.6. The van der Waals surface area contributed by atoms with Gasteiger partial charge < -0.3 is 4.40 Å². The molecule has 2 heterocycles. The van der Waals surface area contributed by atoms with Crippen molar-refractivity contribution in [1.29, 1.82) is 0 Å². The molecule has 7 heteroatoms. The summed E-state index contributed by atoms with van der Waals surface area (Å²) in [6, 6.07) is 40.8. The minimum absolute atomic E-state index is 0.0809. The highest BCUT2D eigenvalue weighted by molar-refractivity contribution is 6.27. The van der Waals surface area contributed by atoms with E-state index in [0.717, 1.165) is 5.56 Å². The molecule has 210 valence electrons. The van der Waals surface area contributed by atoms with Gasteiger partial charge in [0.05, 0.1) is 44.0 Å². The van der Waals surface area contributed by atoms with E-state index in [1.165, 1.54) is 12.1 Å². The molecule has 0 radical (unpaired) electrons. The van der Waals surface area contributed by atoms with Crippen molar-refractivity contribution in [2.24, 2.45) is 0 Å². The van der Waals surface area contributed by atoms with E-state index in [1.807, 2.05) is 71.1 Å². The van der Waals surface area contributed by atoms with Gasteiger partial charge in [0, 0.05) is 28.8 Å². The maximum absolute atomic E-state index is 14.6. The zero-order chi connectivity index (χ0) is 30.2. The van der Waals surface area contributed by atoms with Gasteiger partial charge >= 0.3 is 0 Å². The molecular formula is C37H23N3O4. The van der Waals surface area contributed by atoms with E-state index in [2.05, 4.69) is 0 Å². The number of nitro groups is 1. The number of hydrogen-bond donors (Lipinski definition) is 0. The van der Waals surface area contributed by atoms with Gasteiger partial charge in [-0.05, 0) is 29.8 Å². The van der Waals surface area contributed by atoms with E-state index in [1.54, 1.807) is 60.7 Å². The number of fused-ring (bicyclic) bond motifs is 3. The summed E-state index contributed by atoms with van der Waals surface area (Å²) in [5.74, 6) is -0.671. The third kappa shape index (κ3) is 4.44. The van der Waals surface area contributed by atoms with Crippen molar-refractivity contribution in [3.05, 3.63) is 172 Å². The number of carbonyl (C=O) groups is 2. The van der Waals surface area contributed by atoms with Gasteiger partial charge in [-0.3, -0.25) is 19.7 Å². The number of aromatic nitrogens is 2. The Morgan fingerprint density at radius 2 is 1.11 bits per heavy atom. The Hall–Kier alpha value is -6.21. The minimum Gasteiger partial charge on any atom is -0.304 e. The fraction of sp³-hybridized carbons (Fsp3) is 0. The Labute approximate surface area is 251 Å². The summed E-state index contributed by atoms with van der Waals surface area (Å²) in [5, 5.41) is 11.5. The predicted octanol–water partition coefficient (Wildman–Crippen LogP) is 8.19. The molecule has 0 amide bonds. The van der Waals surface area contributed by atoms with Crippen LogP contribution in [-0.2, 0) is 0 Å². The predicted molar refractivity (Wildman–Crippen MR) is 170 cm³/mol. The van der Waals surface area contributed by atoms with Gasteiger partial charge in [0.15, 0.2) is 11.6 Å². The number of rotatable bonds is 7. The second-order valence-corrected chi connectivity index (χ2v) is 10.3. The van der Waals surface area contributed by atoms with Gasteiger partial charge in [-0.1, -0.05) is 103 Å². The highest BCUT2D eigenvalue weighted by atomic mass is 16.6. The van der Waals surface area contributed by atoms with Crippen LogP contribution in [0.3, 0.4) is 0 Å². The summed E-state index contributed by atoms with van der Waals surface area (Å²) < 4.78 is 1.91. The lowest BCUT2D eigenvalue weighted by atomic mass is 9.91. The Bertz CT molecular complexity index is 2210. The Morgan fingerprint density at radius 1 is 0.591 bits per heavy atom. The molecule has 7 nitrogen and oxygen atoms in total.